The molecule has 1 atom stereocenters. The van der Waals surface area contributed by atoms with Gasteiger partial charge < -0.3 is 15.5 Å². The van der Waals surface area contributed by atoms with Crippen LogP contribution in [0.3, 0.4) is 0 Å². The summed E-state index contributed by atoms with van der Waals surface area (Å²) in [7, 11) is 0. The van der Waals surface area contributed by atoms with Crippen molar-refractivity contribution in [3.8, 4) is 0 Å². The minimum Gasteiger partial charge on any atom is -0.467 e. The van der Waals surface area contributed by atoms with Crippen LogP contribution >= 0.6 is 12.4 Å². The van der Waals surface area contributed by atoms with Gasteiger partial charge in [-0.2, -0.15) is 0 Å². The Hall–Kier alpha value is -1.78. The SMILES string of the molecule is CC(C)Cc1ccc(C(C)NC(=O)c2coc(CN)c2)cc1.Cl. The molecule has 23 heavy (non-hydrogen) atoms. The van der Waals surface area contributed by atoms with Gasteiger partial charge in [0.15, 0.2) is 0 Å². The molecule has 1 heterocycles. The van der Waals surface area contributed by atoms with E-state index in [4.69, 9.17) is 10.2 Å². The highest BCUT2D eigenvalue weighted by molar-refractivity contribution is 5.94. The third kappa shape index (κ3) is 5.41. The number of furan rings is 1. The van der Waals surface area contributed by atoms with Gasteiger partial charge in [0, 0.05) is 0 Å². The van der Waals surface area contributed by atoms with Crippen LogP contribution in [-0.2, 0) is 13.0 Å². The van der Waals surface area contributed by atoms with Crippen LogP contribution in [0.2, 0.25) is 0 Å². The normalized spacial score (nSPS) is 11.9. The lowest BCUT2D eigenvalue weighted by Gasteiger charge is -2.14. The summed E-state index contributed by atoms with van der Waals surface area (Å²) >= 11 is 0. The first-order valence-corrected chi connectivity index (χ1v) is 7.66. The highest BCUT2D eigenvalue weighted by Crippen LogP contribution is 2.16. The van der Waals surface area contributed by atoms with E-state index in [1.165, 1.54) is 11.8 Å². The second kappa shape index (κ2) is 8.75. The average molecular weight is 337 g/mol. The zero-order valence-corrected chi connectivity index (χ0v) is 14.7. The summed E-state index contributed by atoms with van der Waals surface area (Å²) in [5.74, 6) is 1.10. The summed E-state index contributed by atoms with van der Waals surface area (Å²) in [4.78, 5) is 12.2. The molecule has 2 rings (SSSR count). The molecule has 0 aliphatic carbocycles. The van der Waals surface area contributed by atoms with Crippen molar-refractivity contribution in [3.63, 3.8) is 0 Å². The summed E-state index contributed by atoms with van der Waals surface area (Å²) in [5.41, 5.74) is 8.39. The molecule has 0 saturated heterocycles. The first kappa shape index (κ1) is 19.3. The van der Waals surface area contributed by atoms with Crippen LogP contribution < -0.4 is 11.1 Å². The summed E-state index contributed by atoms with van der Waals surface area (Å²) in [5, 5.41) is 2.97. The van der Waals surface area contributed by atoms with Gasteiger partial charge in [0.05, 0.1) is 18.2 Å². The Kier molecular flexibility index (Phi) is 7.33. The van der Waals surface area contributed by atoms with Crippen molar-refractivity contribution in [1.82, 2.24) is 5.32 Å². The molecule has 1 unspecified atom stereocenters. The number of hydrogen-bond donors (Lipinski definition) is 2. The largest absolute Gasteiger partial charge is 0.467 e. The maximum Gasteiger partial charge on any atom is 0.255 e. The number of nitrogens with one attached hydrogen (secondary N) is 1. The minimum absolute atomic E-state index is 0. The molecular formula is C18H25ClN2O2. The Morgan fingerprint density at radius 3 is 2.39 bits per heavy atom. The molecule has 4 nitrogen and oxygen atoms in total. The van der Waals surface area contributed by atoms with E-state index in [9.17, 15) is 4.79 Å². The molecule has 0 fully saturated rings. The molecule has 0 spiro atoms. The van der Waals surface area contributed by atoms with Gasteiger partial charge in [0.2, 0.25) is 0 Å². The van der Waals surface area contributed by atoms with Gasteiger partial charge in [-0.15, -0.1) is 12.4 Å². The van der Waals surface area contributed by atoms with E-state index in [1.807, 2.05) is 6.92 Å². The molecule has 0 bridgehead atoms. The third-order valence-electron chi connectivity index (χ3n) is 3.59. The number of carbonyl (C=O) groups excluding carboxylic acids is 1. The van der Waals surface area contributed by atoms with Gasteiger partial charge in [-0.25, -0.2) is 0 Å². The van der Waals surface area contributed by atoms with E-state index in [0.29, 0.717) is 23.8 Å². The van der Waals surface area contributed by atoms with E-state index >= 15 is 0 Å². The number of carbonyl (C=O) groups is 1. The van der Waals surface area contributed by atoms with E-state index in [0.717, 1.165) is 12.0 Å². The van der Waals surface area contributed by atoms with E-state index in [-0.39, 0.29) is 24.4 Å². The maximum absolute atomic E-state index is 12.2. The topological polar surface area (TPSA) is 68.3 Å². The lowest BCUT2D eigenvalue weighted by molar-refractivity contribution is 0.0939. The van der Waals surface area contributed by atoms with Crippen molar-refractivity contribution < 1.29 is 9.21 Å². The summed E-state index contributed by atoms with van der Waals surface area (Å²) < 4.78 is 5.19. The smallest absolute Gasteiger partial charge is 0.255 e. The van der Waals surface area contributed by atoms with Crippen LogP contribution in [0.4, 0.5) is 0 Å². The number of amides is 1. The quantitative estimate of drug-likeness (QED) is 0.841. The predicted octanol–water partition coefficient (Wildman–Crippen LogP) is 3.85. The second-order valence-electron chi connectivity index (χ2n) is 6.04. The number of nitrogens with two attached hydrogens (primary N) is 1. The lowest BCUT2D eigenvalue weighted by atomic mass is 10.00. The molecule has 1 amide bonds. The van der Waals surface area contributed by atoms with Crippen LogP contribution in [0.25, 0.3) is 0 Å². The van der Waals surface area contributed by atoms with Gasteiger partial charge in [0.25, 0.3) is 5.91 Å². The Bertz CT molecular complexity index is 620. The van der Waals surface area contributed by atoms with Crippen LogP contribution in [0.5, 0.6) is 0 Å². The van der Waals surface area contributed by atoms with Crippen molar-refractivity contribution in [1.29, 1.82) is 0 Å². The first-order chi connectivity index (χ1) is 10.5. The van der Waals surface area contributed by atoms with Crippen molar-refractivity contribution in [2.45, 2.75) is 39.8 Å². The van der Waals surface area contributed by atoms with Crippen molar-refractivity contribution in [2.24, 2.45) is 11.7 Å². The second-order valence-corrected chi connectivity index (χ2v) is 6.04. The molecule has 1 aromatic carbocycles. The fourth-order valence-corrected chi connectivity index (χ4v) is 2.38. The monoisotopic (exact) mass is 336 g/mol. The zero-order valence-electron chi connectivity index (χ0n) is 13.8. The molecule has 2 aromatic rings. The molecule has 3 N–H and O–H groups in total. The van der Waals surface area contributed by atoms with Gasteiger partial charge in [0.1, 0.15) is 12.0 Å². The van der Waals surface area contributed by atoms with Gasteiger partial charge >= 0.3 is 0 Å². The van der Waals surface area contributed by atoms with Crippen LogP contribution in [0, 0.1) is 5.92 Å². The third-order valence-corrected chi connectivity index (χ3v) is 3.59. The van der Waals surface area contributed by atoms with Gasteiger partial charge in [-0.3, -0.25) is 4.79 Å². The van der Waals surface area contributed by atoms with Crippen LogP contribution in [0.15, 0.2) is 41.0 Å². The van der Waals surface area contributed by atoms with Crippen molar-refractivity contribution in [2.75, 3.05) is 0 Å². The van der Waals surface area contributed by atoms with Crippen LogP contribution in [-0.4, -0.2) is 5.91 Å². The Labute approximate surface area is 143 Å². The number of benzene rings is 1. The van der Waals surface area contributed by atoms with E-state index in [2.05, 4.69) is 43.4 Å². The molecule has 0 aliphatic rings. The minimum atomic E-state index is -0.151. The van der Waals surface area contributed by atoms with Crippen molar-refractivity contribution in [3.05, 3.63) is 59.0 Å². The van der Waals surface area contributed by atoms with E-state index in [1.54, 1.807) is 6.07 Å². The summed E-state index contributed by atoms with van der Waals surface area (Å²) in [6, 6.07) is 10.0. The number of rotatable bonds is 6. The van der Waals surface area contributed by atoms with Gasteiger partial charge in [-0.05, 0) is 36.5 Å². The first-order valence-electron chi connectivity index (χ1n) is 7.66. The fraction of sp³-hybridized carbons (Fsp3) is 0.389. The molecule has 1 aromatic heterocycles. The highest BCUT2D eigenvalue weighted by atomic mass is 35.5. The zero-order chi connectivity index (χ0) is 16.1. The molecule has 0 radical (unpaired) electrons. The lowest BCUT2D eigenvalue weighted by Crippen LogP contribution is -2.26. The average Bonchev–Trinajstić information content (AvgIpc) is 2.96. The Balaban J connectivity index is 0.00000264. The van der Waals surface area contributed by atoms with Crippen LogP contribution in [0.1, 0.15) is 54.1 Å². The highest BCUT2D eigenvalue weighted by Gasteiger charge is 2.13. The van der Waals surface area contributed by atoms with E-state index < -0.39 is 0 Å². The molecule has 5 heteroatoms. The number of halogens is 1. The predicted molar refractivity (Wildman–Crippen MR) is 94.7 cm³/mol. The Morgan fingerprint density at radius 2 is 1.87 bits per heavy atom. The summed E-state index contributed by atoms with van der Waals surface area (Å²) in [6.45, 7) is 6.67. The Morgan fingerprint density at radius 1 is 1.22 bits per heavy atom. The fourth-order valence-electron chi connectivity index (χ4n) is 2.38. The molecular weight excluding hydrogens is 312 g/mol. The molecule has 0 aliphatic heterocycles. The summed E-state index contributed by atoms with van der Waals surface area (Å²) in [6.07, 6.45) is 2.51. The number of hydrogen-bond acceptors (Lipinski definition) is 3. The standard InChI is InChI=1S/C18H24N2O2.ClH/c1-12(2)8-14-4-6-15(7-5-14)13(3)20-18(21)16-9-17(10-19)22-11-16;/h4-7,9,11-13H,8,10,19H2,1-3H3,(H,20,21);1H. The molecule has 0 saturated carbocycles. The van der Waals surface area contributed by atoms with Gasteiger partial charge in [-0.1, -0.05) is 38.1 Å². The maximum atomic E-state index is 12.2. The molecule has 126 valence electrons. The van der Waals surface area contributed by atoms with Crippen molar-refractivity contribution >= 4 is 18.3 Å².